The van der Waals surface area contributed by atoms with E-state index < -0.39 is 22.9 Å². The molecule has 0 aliphatic carbocycles. The molecule has 1 aliphatic heterocycles. The Morgan fingerprint density at radius 3 is 2.59 bits per heavy atom. The monoisotopic (exact) mass is 411 g/mol. The first-order valence-electron chi connectivity index (χ1n) is 7.76. The number of halogens is 2. The van der Waals surface area contributed by atoms with Crippen molar-refractivity contribution in [2.75, 3.05) is 19.1 Å². The van der Waals surface area contributed by atoms with Gasteiger partial charge in [-0.3, -0.25) is 29.0 Å². The number of nitrogens with zero attached hydrogens (tertiary/aromatic N) is 4. The number of amides is 2. The Morgan fingerprint density at radius 1 is 1.22 bits per heavy atom. The van der Waals surface area contributed by atoms with Gasteiger partial charge in [0, 0.05) is 20.6 Å². The lowest BCUT2D eigenvalue weighted by Gasteiger charge is -2.35. The third-order valence-corrected chi connectivity index (χ3v) is 4.91. The number of hydrogen-bond donors (Lipinski definition) is 2. The van der Waals surface area contributed by atoms with Crippen LogP contribution in [-0.4, -0.2) is 45.6 Å². The Bertz CT molecular complexity index is 1010. The number of carbonyl (C=O) groups excluding carboxylic acids is 2. The van der Waals surface area contributed by atoms with E-state index in [2.05, 4.69) is 10.3 Å². The highest BCUT2D eigenvalue weighted by molar-refractivity contribution is 6.42. The summed E-state index contributed by atoms with van der Waals surface area (Å²) in [5, 5.41) is 16.0. The molecule has 0 unspecified atom stereocenters. The third kappa shape index (κ3) is 3.43. The molecule has 3 rings (SSSR count). The molecule has 1 aromatic carbocycles. The number of aromatic hydroxyl groups is 1. The van der Waals surface area contributed by atoms with E-state index in [0.717, 1.165) is 4.57 Å². The summed E-state index contributed by atoms with van der Waals surface area (Å²) in [7, 11) is 3.03. The highest BCUT2D eigenvalue weighted by Gasteiger charge is 2.30. The van der Waals surface area contributed by atoms with E-state index in [9.17, 15) is 19.5 Å². The molecule has 1 aromatic heterocycles. The van der Waals surface area contributed by atoms with Gasteiger partial charge < -0.3 is 10.4 Å². The number of likely N-dealkylation sites (N-methyl/N-ethyl adjacent to an activating group) is 1. The molecule has 0 atom stereocenters. The largest absolute Gasteiger partial charge is 0.501 e. The van der Waals surface area contributed by atoms with Crippen LogP contribution in [0.3, 0.4) is 0 Å². The lowest BCUT2D eigenvalue weighted by Crippen LogP contribution is -2.51. The summed E-state index contributed by atoms with van der Waals surface area (Å²) in [6, 6.07) is 4.86. The number of aromatic nitrogens is 2. The predicted octanol–water partition coefficient (Wildman–Crippen LogP) is 1.01. The molecule has 2 amide bonds. The lowest BCUT2D eigenvalue weighted by molar-refractivity contribution is -0.132. The Morgan fingerprint density at radius 2 is 1.93 bits per heavy atom. The van der Waals surface area contributed by atoms with Crippen LogP contribution >= 0.6 is 23.2 Å². The third-order valence-electron chi connectivity index (χ3n) is 4.17. The maximum Gasteiger partial charge on any atom is 0.298 e. The van der Waals surface area contributed by atoms with Crippen molar-refractivity contribution in [1.82, 2.24) is 19.9 Å². The van der Waals surface area contributed by atoms with Crippen LogP contribution in [0.15, 0.2) is 23.0 Å². The first kappa shape index (κ1) is 19.0. The van der Waals surface area contributed by atoms with Gasteiger partial charge in [-0.25, -0.2) is 4.98 Å². The van der Waals surface area contributed by atoms with E-state index in [1.807, 2.05) is 0 Å². The first-order valence-corrected chi connectivity index (χ1v) is 8.52. The standard InChI is InChI=1S/C16H15Cl2N5O4/c1-21-11(24)7-23-15(27)13(25)12(20-16(23)22(21)2)14(26)19-6-8-3-4-9(17)10(18)5-8/h3-5,25H,6-7H2,1-2H3,(H,19,26). The number of benzene rings is 1. The van der Waals surface area contributed by atoms with Crippen LogP contribution in [0.1, 0.15) is 16.1 Å². The zero-order chi connectivity index (χ0) is 19.9. The molecule has 0 radical (unpaired) electrons. The van der Waals surface area contributed by atoms with Gasteiger partial charge in [-0.15, -0.1) is 0 Å². The minimum Gasteiger partial charge on any atom is -0.501 e. The van der Waals surface area contributed by atoms with Gasteiger partial charge in [0.2, 0.25) is 11.7 Å². The van der Waals surface area contributed by atoms with E-state index in [0.29, 0.717) is 15.6 Å². The highest BCUT2D eigenvalue weighted by Crippen LogP contribution is 2.23. The van der Waals surface area contributed by atoms with Crippen LogP contribution < -0.4 is 15.9 Å². The van der Waals surface area contributed by atoms with E-state index in [1.54, 1.807) is 18.2 Å². The maximum absolute atomic E-state index is 12.4. The van der Waals surface area contributed by atoms with Gasteiger partial charge in [0.1, 0.15) is 6.54 Å². The SMILES string of the molecule is CN1C(=O)Cn2c(nc(C(=O)NCc3ccc(Cl)c(Cl)c3)c(O)c2=O)N1C. The van der Waals surface area contributed by atoms with Crippen LogP contribution in [0.5, 0.6) is 5.75 Å². The van der Waals surface area contributed by atoms with Crippen molar-refractivity contribution in [2.45, 2.75) is 13.1 Å². The van der Waals surface area contributed by atoms with Crippen LogP contribution in [0.2, 0.25) is 10.0 Å². The number of fused-ring (bicyclic) bond motifs is 1. The van der Waals surface area contributed by atoms with Crippen molar-refractivity contribution in [1.29, 1.82) is 0 Å². The highest BCUT2D eigenvalue weighted by atomic mass is 35.5. The summed E-state index contributed by atoms with van der Waals surface area (Å²) in [4.78, 5) is 40.7. The Balaban J connectivity index is 1.89. The smallest absolute Gasteiger partial charge is 0.298 e. The second-order valence-corrected chi connectivity index (χ2v) is 6.69. The van der Waals surface area contributed by atoms with Crippen LogP contribution in [0.25, 0.3) is 0 Å². The molecule has 1 aliphatic rings. The molecule has 2 aromatic rings. The van der Waals surface area contributed by atoms with Gasteiger partial charge in [0.05, 0.1) is 10.0 Å². The molecule has 0 saturated heterocycles. The molecule has 11 heteroatoms. The number of anilines is 1. The second-order valence-electron chi connectivity index (χ2n) is 5.87. The van der Waals surface area contributed by atoms with Crippen LogP contribution in [0, 0.1) is 0 Å². The predicted molar refractivity (Wildman–Crippen MR) is 99.0 cm³/mol. The van der Waals surface area contributed by atoms with E-state index in [1.165, 1.54) is 24.1 Å². The van der Waals surface area contributed by atoms with Crippen molar-refractivity contribution in [3.63, 3.8) is 0 Å². The number of carbonyl (C=O) groups is 2. The Labute approximate surface area is 163 Å². The van der Waals surface area contributed by atoms with Gasteiger partial charge in [0.15, 0.2) is 5.69 Å². The molecule has 142 valence electrons. The van der Waals surface area contributed by atoms with Gasteiger partial charge >= 0.3 is 0 Å². The Kier molecular flexibility index (Phi) is 4.99. The van der Waals surface area contributed by atoms with Gasteiger partial charge in [-0.1, -0.05) is 29.3 Å². The molecule has 0 saturated carbocycles. The fourth-order valence-corrected chi connectivity index (χ4v) is 2.86. The average Bonchev–Trinajstić information content (AvgIpc) is 2.64. The minimum atomic E-state index is -0.868. The summed E-state index contributed by atoms with van der Waals surface area (Å²) in [5.74, 6) is -1.85. The average molecular weight is 412 g/mol. The molecule has 2 heterocycles. The number of hydrazine groups is 1. The molecule has 0 fully saturated rings. The van der Waals surface area contributed by atoms with Crippen molar-refractivity contribution >= 4 is 41.0 Å². The van der Waals surface area contributed by atoms with Crippen molar-refractivity contribution in [3.8, 4) is 5.75 Å². The lowest BCUT2D eigenvalue weighted by atomic mass is 10.2. The summed E-state index contributed by atoms with van der Waals surface area (Å²) < 4.78 is 1.01. The van der Waals surface area contributed by atoms with Crippen molar-refractivity contribution in [3.05, 3.63) is 49.9 Å². The molecule has 0 bridgehead atoms. The summed E-state index contributed by atoms with van der Waals surface area (Å²) in [6.45, 7) is -0.190. The van der Waals surface area contributed by atoms with Crippen molar-refractivity contribution < 1.29 is 14.7 Å². The van der Waals surface area contributed by atoms with Gasteiger partial charge in [0.25, 0.3) is 17.4 Å². The van der Waals surface area contributed by atoms with Crippen molar-refractivity contribution in [2.24, 2.45) is 0 Å². The van der Waals surface area contributed by atoms with E-state index in [-0.39, 0.29) is 24.9 Å². The number of rotatable bonds is 3. The zero-order valence-corrected chi connectivity index (χ0v) is 15.9. The van der Waals surface area contributed by atoms with Crippen LogP contribution in [-0.2, 0) is 17.9 Å². The quantitative estimate of drug-likeness (QED) is 0.779. The molecule has 0 spiro atoms. The summed E-state index contributed by atoms with van der Waals surface area (Å²) >= 11 is 11.8. The second kappa shape index (κ2) is 7.09. The summed E-state index contributed by atoms with van der Waals surface area (Å²) in [5.41, 5.74) is -0.622. The molecule has 9 nitrogen and oxygen atoms in total. The van der Waals surface area contributed by atoms with E-state index in [4.69, 9.17) is 23.2 Å². The van der Waals surface area contributed by atoms with E-state index >= 15 is 0 Å². The first-order chi connectivity index (χ1) is 12.7. The molecule has 2 N–H and O–H groups in total. The normalized spacial score (nSPS) is 13.6. The van der Waals surface area contributed by atoms with Gasteiger partial charge in [-0.2, -0.15) is 0 Å². The molecular formula is C16H15Cl2N5O4. The fourth-order valence-electron chi connectivity index (χ4n) is 2.54. The molecule has 27 heavy (non-hydrogen) atoms. The minimum absolute atomic E-state index is 0.0691. The van der Waals surface area contributed by atoms with Gasteiger partial charge in [-0.05, 0) is 17.7 Å². The number of hydrogen-bond acceptors (Lipinski definition) is 6. The topological polar surface area (TPSA) is 108 Å². The zero-order valence-electron chi connectivity index (χ0n) is 14.4. The van der Waals surface area contributed by atoms with Crippen LogP contribution in [0.4, 0.5) is 5.95 Å². The fraction of sp³-hybridized carbons (Fsp3) is 0.250. The number of nitrogens with one attached hydrogen (secondary N) is 1. The molecular weight excluding hydrogens is 397 g/mol. The maximum atomic E-state index is 12.4. The summed E-state index contributed by atoms with van der Waals surface area (Å²) in [6.07, 6.45) is 0. The Hall–Kier alpha value is -2.78.